The summed E-state index contributed by atoms with van der Waals surface area (Å²) in [6.07, 6.45) is -6.19. The number of hydrogen-bond acceptors (Lipinski definition) is 6. The molecule has 0 bridgehead atoms. The van der Waals surface area contributed by atoms with Gasteiger partial charge < -0.3 is 24.8 Å². The molecule has 8 nitrogen and oxygen atoms in total. The molecule has 1 unspecified atom stereocenters. The Hall–Kier alpha value is -3.76. The standard InChI is InChI=1S/C27H33F3N2O6/c1-25(2,3)37-23(34)32-21(22(33)31-16-18-8-7-9-19(14-18)27(28,29)30)15-17-10-12-20(13-11-17)36-24(35)38-26(4,5)6/h7-14,21H,15-16H2,1-6H3,(H,31,33)(H,32,34). The van der Waals surface area contributed by atoms with Crippen LogP contribution in [0.4, 0.5) is 22.8 Å². The fourth-order valence-electron chi connectivity index (χ4n) is 3.13. The third-order valence-corrected chi connectivity index (χ3v) is 4.68. The van der Waals surface area contributed by atoms with Gasteiger partial charge in [-0.05, 0) is 76.9 Å². The molecule has 2 rings (SSSR count). The Morgan fingerprint density at radius 1 is 0.842 bits per heavy atom. The van der Waals surface area contributed by atoms with Gasteiger partial charge in [0.05, 0.1) is 5.56 Å². The highest BCUT2D eigenvalue weighted by Crippen LogP contribution is 2.29. The number of nitrogens with one attached hydrogen (secondary N) is 2. The van der Waals surface area contributed by atoms with Crippen LogP contribution in [0.25, 0.3) is 0 Å². The van der Waals surface area contributed by atoms with E-state index < -0.39 is 47.1 Å². The molecule has 38 heavy (non-hydrogen) atoms. The van der Waals surface area contributed by atoms with Crippen LogP contribution in [-0.4, -0.2) is 35.4 Å². The summed E-state index contributed by atoms with van der Waals surface area (Å²) in [5.41, 5.74) is -1.52. The fourth-order valence-corrected chi connectivity index (χ4v) is 3.13. The van der Waals surface area contributed by atoms with Gasteiger partial charge in [0, 0.05) is 13.0 Å². The molecular weight excluding hydrogens is 505 g/mol. The van der Waals surface area contributed by atoms with E-state index in [2.05, 4.69) is 10.6 Å². The van der Waals surface area contributed by atoms with E-state index in [1.165, 1.54) is 24.3 Å². The highest BCUT2D eigenvalue weighted by atomic mass is 19.4. The lowest BCUT2D eigenvalue weighted by atomic mass is 10.0. The summed E-state index contributed by atoms with van der Waals surface area (Å²) >= 11 is 0. The van der Waals surface area contributed by atoms with Crippen molar-refractivity contribution in [2.75, 3.05) is 0 Å². The Labute approximate surface area is 219 Å². The van der Waals surface area contributed by atoms with E-state index in [-0.39, 0.29) is 24.3 Å². The van der Waals surface area contributed by atoms with Crippen molar-refractivity contribution in [3.8, 4) is 5.75 Å². The number of carbonyl (C=O) groups excluding carboxylic acids is 3. The normalized spacial score (nSPS) is 12.8. The summed E-state index contributed by atoms with van der Waals surface area (Å²) in [5, 5.41) is 5.07. The second kappa shape index (κ2) is 12.2. The first-order valence-corrected chi connectivity index (χ1v) is 11.8. The van der Waals surface area contributed by atoms with E-state index in [1.54, 1.807) is 53.7 Å². The van der Waals surface area contributed by atoms with Gasteiger partial charge in [0.1, 0.15) is 23.0 Å². The topological polar surface area (TPSA) is 103 Å². The van der Waals surface area contributed by atoms with Gasteiger partial charge in [-0.2, -0.15) is 13.2 Å². The average molecular weight is 539 g/mol. The van der Waals surface area contributed by atoms with Crippen LogP contribution in [0.5, 0.6) is 5.75 Å². The van der Waals surface area contributed by atoms with Gasteiger partial charge >= 0.3 is 18.4 Å². The van der Waals surface area contributed by atoms with E-state index in [0.717, 1.165) is 12.1 Å². The molecule has 2 aromatic rings. The van der Waals surface area contributed by atoms with E-state index >= 15 is 0 Å². The first kappa shape index (κ1) is 30.5. The molecule has 2 N–H and O–H groups in total. The molecular formula is C27H33F3N2O6. The lowest BCUT2D eigenvalue weighted by Crippen LogP contribution is -2.49. The Bertz CT molecular complexity index is 1120. The summed E-state index contributed by atoms with van der Waals surface area (Å²) in [6.45, 7) is 9.92. The van der Waals surface area contributed by atoms with Crippen LogP contribution in [0.1, 0.15) is 58.2 Å². The molecule has 2 aromatic carbocycles. The van der Waals surface area contributed by atoms with Crippen molar-refractivity contribution in [2.45, 2.75) is 77.9 Å². The number of benzene rings is 2. The van der Waals surface area contributed by atoms with Crippen molar-refractivity contribution < 1.29 is 41.8 Å². The van der Waals surface area contributed by atoms with Crippen LogP contribution in [0.2, 0.25) is 0 Å². The largest absolute Gasteiger partial charge is 0.514 e. The highest BCUT2D eigenvalue weighted by molar-refractivity contribution is 5.86. The predicted molar refractivity (Wildman–Crippen MR) is 133 cm³/mol. The van der Waals surface area contributed by atoms with E-state index in [0.29, 0.717) is 5.56 Å². The summed E-state index contributed by atoms with van der Waals surface area (Å²) in [6, 6.07) is 9.70. The van der Waals surface area contributed by atoms with Crippen LogP contribution in [0.3, 0.4) is 0 Å². The quantitative estimate of drug-likeness (QED) is 0.343. The Morgan fingerprint density at radius 2 is 1.45 bits per heavy atom. The Balaban J connectivity index is 2.12. The smallest absolute Gasteiger partial charge is 0.444 e. The van der Waals surface area contributed by atoms with Crippen LogP contribution in [0.15, 0.2) is 48.5 Å². The van der Waals surface area contributed by atoms with Gasteiger partial charge in [-0.1, -0.05) is 24.3 Å². The number of alkyl halides is 3. The van der Waals surface area contributed by atoms with Gasteiger partial charge in [-0.3, -0.25) is 4.79 Å². The number of hydrogen-bond donors (Lipinski definition) is 2. The molecule has 0 aliphatic heterocycles. The average Bonchev–Trinajstić information content (AvgIpc) is 2.75. The number of ether oxygens (including phenoxy) is 3. The van der Waals surface area contributed by atoms with Crippen LogP contribution >= 0.6 is 0 Å². The molecule has 0 saturated heterocycles. The van der Waals surface area contributed by atoms with Crippen molar-refractivity contribution in [1.82, 2.24) is 10.6 Å². The molecule has 0 aromatic heterocycles. The van der Waals surface area contributed by atoms with Crippen LogP contribution in [0, 0.1) is 0 Å². The maximum absolute atomic E-state index is 13.0. The van der Waals surface area contributed by atoms with Gasteiger partial charge in [0.2, 0.25) is 5.91 Å². The number of carbonyl (C=O) groups is 3. The minimum absolute atomic E-state index is 0.0282. The predicted octanol–water partition coefficient (Wildman–Crippen LogP) is 5.77. The van der Waals surface area contributed by atoms with Crippen LogP contribution in [-0.2, 0) is 33.4 Å². The van der Waals surface area contributed by atoms with E-state index in [4.69, 9.17) is 14.2 Å². The third-order valence-electron chi connectivity index (χ3n) is 4.68. The molecule has 1 atom stereocenters. The zero-order valence-corrected chi connectivity index (χ0v) is 22.2. The minimum atomic E-state index is -4.51. The molecule has 0 aliphatic carbocycles. The van der Waals surface area contributed by atoms with Crippen molar-refractivity contribution in [3.05, 3.63) is 65.2 Å². The molecule has 0 radical (unpaired) electrons. The third kappa shape index (κ3) is 11.1. The Morgan fingerprint density at radius 3 is 2.00 bits per heavy atom. The van der Waals surface area contributed by atoms with Crippen LogP contribution < -0.4 is 15.4 Å². The lowest BCUT2D eigenvalue weighted by Gasteiger charge is -2.23. The number of rotatable bonds is 7. The second-order valence-corrected chi connectivity index (χ2v) is 10.5. The van der Waals surface area contributed by atoms with Crippen molar-refractivity contribution in [3.63, 3.8) is 0 Å². The monoisotopic (exact) mass is 538 g/mol. The Kier molecular flexibility index (Phi) is 9.77. The molecule has 0 heterocycles. The van der Waals surface area contributed by atoms with Gasteiger partial charge in [-0.25, -0.2) is 9.59 Å². The van der Waals surface area contributed by atoms with Gasteiger partial charge in [-0.15, -0.1) is 0 Å². The zero-order valence-electron chi connectivity index (χ0n) is 22.2. The molecule has 2 amide bonds. The maximum atomic E-state index is 13.0. The molecule has 0 aliphatic rings. The summed E-state index contributed by atoms with van der Waals surface area (Å²) < 4.78 is 54.5. The first-order valence-electron chi connectivity index (χ1n) is 11.8. The molecule has 0 spiro atoms. The summed E-state index contributed by atoms with van der Waals surface area (Å²) in [4.78, 5) is 37.2. The second-order valence-electron chi connectivity index (χ2n) is 10.5. The van der Waals surface area contributed by atoms with E-state index in [9.17, 15) is 27.6 Å². The molecule has 208 valence electrons. The zero-order chi connectivity index (χ0) is 28.7. The number of amides is 2. The summed E-state index contributed by atoms with van der Waals surface area (Å²) in [7, 11) is 0. The summed E-state index contributed by atoms with van der Waals surface area (Å²) in [5.74, 6) is -0.406. The number of alkyl carbamates (subject to hydrolysis) is 1. The van der Waals surface area contributed by atoms with Gasteiger partial charge in [0.25, 0.3) is 0 Å². The minimum Gasteiger partial charge on any atom is -0.444 e. The molecule has 11 heteroatoms. The SMILES string of the molecule is CC(C)(C)OC(=O)NC(Cc1ccc(OC(=O)OC(C)(C)C)cc1)C(=O)NCc1cccc(C(F)(F)F)c1. The lowest BCUT2D eigenvalue weighted by molar-refractivity contribution is -0.137. The molecule has 0 fully saturated rings. The highest BCUT2D eigenvalue weighted by Gasteiger charge is 2.30. The molecule has 0 saturated carbocycles. The van der Waals surface area contributed by atoms with Crippen molar-refractivity contribution in [2.24, 2.45) is 0 Å². The van der Waals surface area contributed by atoms with Crippen molar-refractivity contribution in [1.29, 1.82) is 0 Å². The van der Waals surface area contributed by atoms with Gasteiger partial charge in [0.15, 0.2) is 0 Å². The fraction of sp³-hybridized carbons (Fsp3) is 0.444. The number of halogens is 3. The maximum Gasteiger partial charge on any atom is 0.514 e. The first-order chi connectivity index (χ1) is 17.4. The van der Waals surface area contributed by atoms with E-state index in [1.807, 2.05) is 0 Å². The van der Waals surface area contributed by atoms with Crippen molar-refractivity contribution >= 4 is 18.2 Å².